The van der Waals surface area contributed by atoms with Crippen molar-refractivity contribution in [3.8, 4) is 5.75 Å². The number of aliphatic hydroxyl groups is 1. The van der Waals surface area contributed by atoms with Crippen molar-refractivity contribution in [2.45, 2.75) is 13.0 Å². The normalized spacial score (nSPS) is 12.3. The fourth-order valence-electron chi connectivity index (χ4n) is 1.97. The largest absolute Gasteiger partial charge is 0.497 e. The molecular weight excluding hydrogens is 267 g/mol. The summed E-state index contributed by atoms with van der Waals surface area (Å²) in [7, 11) is 1.59. The summed E-state index contributed by atoms with van der Waals surface area (Å²) in [6.45, 7) is 1.87. The summed E-state index contributed by atoms with van der Waals surface area (Å²) in [6, 6.07) is 9.34. The van der Waals surface area contributed by atoms with Crippen LogP contribution in [0.25, 0.3) is 0 Å². The van der Waals surface area contributed by atoms with E-state index < -0.39 is 11.9 Å². The van der Waals surface area contributed by atoms with Gasteiger partial charge in [0.2, 0.25) is 0 Å². The summed E-state index contributed by atoms with van der Waals surface area (Å²) in [5.74, 6) is 0.297. The fraction of sp³-hybridized carbons (Fsp3) is 0.200. The van der Waals surface area contributed by atoms with Gasteiger partial charge in [-0.15, -0.1) is 0 Å². The summed E-state index contributed by atoms with van der Waals surface area (Å²) < 4.78 is 18.1. The van der Waals surface area contributed by atoms with E-state index in [2.05, 4.69) is 0 Å². The Kier molecular flexibility index (Phi) is 4.08. The Balaban J connectivity index is 2.41. The molecule has 0 aromatic heterocycles. The molecule has 2 nitrogen and oxygen atoms in total. The van der Waals surface area contributed by atoms with E-state index in [1.807, 2.05) is 13.0 Å². The Morgan fingerprint density at radius 2 is 1.84 bits per heavy atom. The van der Waals surface area contributed by atoms with Gasteiger partial charge in [0.15, 0.2) is 0 Å². The van der Waals surface area contributed by atoms with E-state index >= 15 is 0 Å². The zero-order valence-corrected chi connectivity index (χ0v) is 11.4. The van der Waals surface area contributed by atoms with Crippen LogP contribution in [0.2, 0.25) is 5.02 Å². The quantitative estimate of drug-likeness (QED) is 0.924. The van der Waals surface area contributed by atoms with Crippen molar-refractivity contribution < 1.29 is 14.2 Å². The molecule has 1 N–H and O–H groups in total. The molecule has 2 aromatic rings. The molecule has 2 rings (SSSR count). The van der Waals surface area contributed by atoms with Crippen molar-refractivity contribution in [2.24, 2.45) is 0 Å². The summed E-state index contributed by atoms with van der Waals surface area (Å²) >= 11 is 5.96. The SMILES string of the molecule is COc1ccc(C(O)c2ccc(F)cc2Cl)c(C)c1. The summed E-state index contributed by atoms with van der Waals surface area (Å²) in [5, 5.41) is 10.6. The molecule has 19 heavy (non-hydrogen) atoms. The summed E-state index contributed by atoms with van der Waals surface area (Å²) in [6.07, 6.45) is -0.890. The second-order valence-electron chi connectivity index (χ2n) is 4.29. The van der Waals surface area contributed by atoms with Gasteiger partial charge in [0.1, 0.15) is 17.7 Å². The van der Waals surface area contributed by atoms with Crippen LogP contribution in [0.5, 0.6) is 5.75 Å². The maximum atomic E-state index is 13.0. The predicted octanol–water partition coefficient (Wildman–Crippen LogP) is 3.88. The minimum atomic E-state index is -0.890. The highest BCUT2D eigenvalue weighted by Gasteiger charge is 2.16. The lowest BCUT2D eigenvalue weighted by Crippen LogP contribution is -2.03. The average Bonchev–Trinajstić information content (AvgIpc) is 2.37. The van der Waals surface area contributed by atoms with Crippen molar-refractivity contribution in [3.05, 3.63) is 63.9 Å². The summed E-state index contributed by atoms with van der Waals surface area (Å²) in [4.78, 5) is 0. The summed E-state index contributed by atoms with van der Waals surface area (Å²) in [5.41, 5.74) is 2.08. The van der Waals surface area contributed by atoms with Crippen LogP contribution < -0.4 is 4.74 Å². The van der Waals surface area contributed by atoms with E-state index in [1.165, 1.54) is 18.2 Å². The maximum absolute atomic E-state index is 13.0. The minimum Gasteiger partial charge on any atom is -0.497 e. The topological polar surface area (TPSA) is 29.5 Å². The van der Waals surface area contributed by atoms with Crippen molar-refractivity contribution in [1.82, 2.24) is 0 Å². The van der Waals surface area contributed by atoms with Crippen molar-refractivity contribution in [2.75, 3.05) is 7.11 Å². The van der Waals surface area contributed by atoms with Gasteiger partial charge in [0.05, 0.1) is 7.11 Å². The van der Waals surface area contributed by atoms with Crippen LogP contribution >= 0.6 is 11.6 Å². The second kappa shape index (κ2) is 5.59. The van der Waals surface area contributed by atoms with Crippen molar-refractivity contribution in [1.29, 1.82) is 0 Å². The maximum Gasteiger partial charge on any atom is 0.124 e. The van der Waals surface area contributed by atoms with Gasteiger partial charge < -0.3 is 9.84 Å². The van der Waals surface area contributed by atoms with Crippen LogP contribution in [0, 0.1) is 12.7 Å². The molecule has 0 radical (unpaired) electrons. The van der Waals surface area contributed by atoms with E-state index in [0.717, 1.165) is 11.3 Å². The van der Waals surface area contributed by atoms with Crippen LogP contribution in [0.3, 0.4) is 0 Å². The molecule has 0 spiro atoms. The minimum absolute atomic E-state index is 0.211. The van der Waals surface area contributed by atoms with Gasteiger partial charge >= 0.3 is 0 Å². The van der Waals surface area contributed by atoms with Crippen LogP contribution in [0.1, 0.15) is 22.8 Å². The van der Waals surface area contributed by atoms with Gasteiger partial charge in [-0.1, -0.05) is 23.7 Å². The Hall–Kier alpha value is -1.58. The molecule has 100 valence electrons. The van der Waals surface area contributed by atoms with E-state index in [4.69, 9.17) is 16.3 Å². The van der Waals surface area contributed by atoms with Crippen LogP contribution in [-0.4, -0.2) is 12.2 Å². The predicted molar refractivity (Wildman–Crippen MR) is 73.2 cm³/mol. The van der Waals surface area contributed by atoms with Gasteiger partial charge in [-0.3, -0.25) is 0 Å². The molecule has 1 unspecified atom stereocenters. The van der Waals surface area contributed by atoms with Crippen LogP contribution in [0.4, 0.5) is 4.39 Å². The number of ether oxygens (including phenoxy) is 1. The first-order valence-electron chi connectivity index (χ1n) is 5.80. The molecule has 0 aliphatic rings. The number of hydrogen-bond acceptors (Lipinski definition) is 2. The number of hydrogen-bond donors (Lipinski definition) is 1. The highest BCUT2D eigenvalue weighted by Crippen LogP contribution is 2.31. The smallest absolute Gasteiger partial charge is 0.124 e. The molecular formula is C15H14ClFO2. The molecule has 0 fully saturated rings. The first-order chi connectivity index (χ1) is 9.02. The monoisotopic (exact) mass is 280 g/mol. The molecule has 4 heteroatoms. The molecule has 0 heterocycles. The number of aliphatic hydroxyl groups excluding tert-OH is 1. The van der Waals surface area contributed by atoms with Gasteiger partial charge in [-0.2, -0.15) is 0 Å². The van der Waals surface area contributed by atoms with Gasteiger partial charge in [-0.25, -0.2) is 4.39 Å². The number of rotatable bonds is 3. The second-order valence-corrected chi connectivity index (χ2v) is 4.70. The van der Waals surface area contributed by atoms with E-state index in [9.17, 15) is 9.50 Å². The average molecular weight is 281 g/mol. The number of benzene rings is 2. The van der Waals surface area contributed by atoms with Gasteiger partial charge in [0, 0.05) is 10.6 Å². The van der Waals surface area contributed by atoms with E-state index in [1.54, 1.807) is 19.2 Å². The zero-order chi connectivity index (χ0) is 14.0. The lowest BCUT2D eigenvalue weighted by molar-refractivity contribution is 0.219. The third kappa shape index (κ3) is 2.88. The Morgan fingerprint density at radius 3 is 2.42 bits per heavy atom. The molecule has 0 aliphatic carbocycles. The highest BCUT2D eigenvalue weighted by molar-refractivity contribution is 6.31. The molecule has 0 saturated heterocycles. The Bertz CT molecular complexity index is 599. The Morgan fingerprint density at radius 1 is 1.16 bits per heavy atom. The lowest BCUT2D eigenvalue weighted by Gasteiger charge is -2.16. The van der Waals surface area contributed by atoms with Gasteiger partial charge in [0.25, 0.3) is 0 Å². The standard InChI is InChI=1S/C15H14ClFO2/c1-9-7-11(19-2)4-6-12(9)15(18)13-5-3-10(17)8-14(13)16/h3-8,15,18H,1-2H3. The molecule has 0 aliphatic heterocycles. The third-order valence-corrected chi connectivity index (χ3v) is 3.36. The molecule has 0 bridgehead atoms. The lowest BCUT2D eigenvalue weighted by atomic mass is 9.97. The van der Waals surface area contributed by atoms with E-state index in [0.29, 0.717) is 11.1 Å². The highest BCUT2D eigenvalue weighted by atomic mass is 35.5. The Labute approximate surface area is 116 Å². The van der Waals surface area contributed by atoms with Crippen LogP contribution in [-0.2, 0) is 0 Å². The third-order valence-electron chi connectivity index (χ3n) is 3.03. The zero-order valence-electron chi connectivity index (χ0n) is 10.7. The van der Waals surface area contributed by atoms with Crippen molar-refractivity contribution in [3.63, 3.8) is 0 Å². The van der Waals surface area contributed by atoms with E-state index in [-0.39, 0.29) is 5.02 Å². The number of halogens is 2. The molecule has 0 saturated carbocycles. The number of aryl methyl sites for hydroxylation is 1. The molecule has 2 aromatic carbocycles. The van der Waals surface area contributed by atoms with Crippen LogP contribution in [0.15, 0.2) is 36.4 Å². The fourth-order valence-corrected chi connectivity index (χ4v) is 2.24. The first kappa shape index (κ1) is 13.8. The molecule has 0 amide bonds. The van der Waals surface area contributed by atoms with Gasteiger partial charge in [-0.05, 0) is 42.3 Å². The molecule has 1 atom stereocenters. The number of methoxy groups -OCH3 is 1. The first-order valence-corrected chi connectivity index (χ1v) is 6.18. The van der Waals surface area contributed by atoms with Crippen molar-refractivity contribution >= 4 is 11.6 Å².